The third kappa shape index (κ3) is 2.53. The van der Waals surface area contributed by atoms with Crippen molar-refractivity contribution >= 4 is 0 Å². The third-order valence-corrected chi connectivity index (χ3v) is 2.75. The van der Waals surface area contributed by atoms with E-state index >= 15 is 0 Å². The van der Waals surface area contributed by atoms with Crippen LogP contribution in [0.5, 0.6) is 0 Å². The number of nitrogens with one attached hydrogen (secondary N) is 1. The second kappa shape index (κ2) is 4.67. The molecule has 0 radical (unpaired) electrons. The fraction of sp³-hybridized carbons (Fsp3) is 0.385. The SMILES string of the molecule is CNC(c1cc(C)nc(C)c1)c1cn(C)cn1. The number of hydrogen-bond donors (Lipinski definition) is 1. The highest BCUT2D eigenvalue weighted by atomic mass is 15.0. The molecule has 2 rings (SSSR count). The molecule has 90 valence electrons. The monoisotopic (exact) mass is 230 g/mol. The van der Waals surface area contributed by atoms with E-state index in [-0.39, 0.29) is 6.04 Å². The Morgan fingerprint density at radius 3 is 2.35 bits per heavy atom. The molecule has 1 atom stereocenters. The summed E-state index contributed by atoms with van der Waals surface area (Å²) in [5.41, 5.74) is 4.31. The molecule has 0 saturated heterocycles. The summed E-state index contributed by atoms with van der Waals surface area (Å²) < 4.78 is 1.96. The lowest BCUT2D eigenvalue weighted by atomic mass is 10.0. The normalized spacial score (nSPS) is 12.7. The molecule has 17 heavy (non-hydrogen) atoms. The molecule has 2 heterocycles. The lowest BCUT2D eigenvalue weighted by molar-refractivity contribution is 0.671. The van der Waals surface area contributed by atoms with Crippen molar-refractivity contribution in [2.75, 3.05) is 7.05 Å². The Bertz CT molecular complexity index is 496. The second-order valence-electron chi connectivity index (χ2n) is 4.37. The molecule has 0 saturated carbocycles. The van der Waals surface area contributed by atoms with Crippen molar-refractivity contribution in [2.45, 2.75) is 19.9 Å². The van der Waals surface area contributed by atoms with Crippen molar-refractivity contribution in [3.05, 3.63) is 47.3 Å². The van der Waals surface area contributed by atoms with Crippen molar-refractivity contribution in [3.63, 3.8) is 0 Å². The zero-order valence-electron chi connectivity index (χ0n) is 10.7. The minimum atomic E-state index is 0.122. The molecule has 4 nitrogen and oxygen atoms in total. The summed E-state index contributed by atoms with van der Waals surface area (Å²) in [5, 5.41) is 3.30. The van der Waals surface area contributed by atoms with E-state index in [1.807, 2.05) is 45.0 Å². The van der Waals surface area contributed by atoms with E-state index in [1.165, 1.54) is 5.56 Å². The van der Waals surface area contributed by atoms with Crippen LogP contribution in [0.15, 0.2) is 24.7 Å². The second-order valence-corrected chi connectivity index (χ2v) is 4.37. The number of imidazole rings is 1. The maximum atomic E-state index is 4.40. The van der Waals surface area contributed by atoms with Crippen molar-refractivity contribution in [3.8, 4) is 0 Å². The summed E-state index contributed by atoms with van der Waals surface area (Å²) >= 11 is 0. The molecule has 0 aliphatic carbocycles. The number of aromatic nitrogens is 3. The molecule has 2 aromatic heterocycles. The fourth-order valence-electron chi connectivity index (χ4n) is 2.10. The van der Waals surface area contributed by atoms with Crippen LogP contribution >= 0.6 is 0 Å². The van der Waals surface area contributed by atoms with Crippen LogP contribution in [0.3, 0.4) is 0 Å². The highest BCUT2D eigenvalue weighted by Crippen LogP contribution is 2.21. The van der Waals surface area contributed by atoms with Gasteiger partial charge in [0.2, 0.25) is 0 Å². The Morgan fingerprint density at radius 2 is 1.88 bits per heavy atom. The smallest absolute Gasteiger partial charge is 0.0947 e. The summed E-state index contributed by atoms with van der Waals surface area (Å²) in [6, 6.07) is 4.32. The van der Waals surface area contributed by atoms with Crippen LogP contribution in [0.25, 0.3) is 0 Å². The lowest BCUT2D eigenvalue weighted by Crippen LogP contribution is -2.18. The maximum Gasteiger partial charge on any atom is 0.0947 e. The molecule has 0 fully saturated rings. The fourth-order valence-corrected chi connectivity index (χ4v) is 2.10. The Kier molecular flexibility index (Phi) is 3.24. The van der Waals surface area contributed by atoms with Crippen LogP contribution in [0, 0.1) is 13.8 Å². The Morgan fingerprint density at radius 1 is 1.24 bits per heavy atom. The first-order valence-electron chi connectivity index (χ1n) is 5.70. The predicted molar refractivity (Wildman–Crippen MR) is 67.8 cm³/mol. The van der Waals surface area contributed by atoms with Crippen molar-refractivity contribution in [2.24, 2.45) is 7.05 Å². The van der Waals surface area contributed by atoms with E-state index in [9.17, 15) is 0 Å². The summed E-state index contributed by atoms with van der Waals surface area (Å²) in [5.74, 6) is 0. The number of aryl methyl sites for hydroxylation is 3. The van der Waals surface area contributed by atoms with E-state index in [2.05, 4.69) is 27.4 Å². The largest absolute Gasteiger partial charge is 0.340 e. The van der Waals surface area contributed by atoms with Gasteiger partial charge in [0.1, 0.15) is 0 Å². The molecule has 1 N–H and O–H groups in total. The minimum absolute atomic E-state index is 0.122. The van der Waals surface area contributed by atoms with Gasteiger partial charge in [-0.15, -0.1) is 0 Å². The molecule has 4 heteroatoms. The van der Waals surface area contributed by atoms with Gasteiger partial charge in [0.25, 0.3) is 0 Å². The van der Waals surface area contributed by atoms with Gasteiger partial charge in [-0.1, -0.05) is 0 Å². The standard InChI is InChI=1S/C13H18N4/c1-9-5-11(6-10(2)16-9)13(14-3)12-7-17(4)8-15-12/h5-8,13-14H,1-4H3. The van der Waals surface area contributed by atoms with Crippen LogP contribution in [-0.4, -0.2) is 21.6 Å². The summed E-state index contributed by atoms with van der Waals surface area (Å²) in [7, 11) is 3.93. The van der Waals surface area contributed by atoms with Crippen LogP contribution in [-0.2, 0) is 7.05 Å². The van der Waals surface area contributed by atoms with Gasteiger partial charge in [-0.3, -0.25) is 4.98 Å². The number of rotatable bonds is 3. The van der Waals surface area contributed by atoms with Crippen LogP contribution in [0.2, 0.25) is 0 Å². The number of pyridine rings is 1. The van der Waals surface area contributed by atoms with Gasteiger partial charge in [-0.05, 0) is 38.6 Å². The highest BCUT2D eigenvalue weighted by molar-refractivity contribution is 5.29. The average molecular weight is 230 g/mol. The van der Waals surface area contributed by atoms with Gasteiger partial charge in [0.05, 0.1) is 18.1 Å². The zero-order valence-corrected chi connectivity index (χ0v) is 10.7. The van der Waals surface area contributed by atoms with E-state index in [1.54, 1.807) is 0 Å². The molecule has 2 aromatic rings. The van der Waals surface area contributed by atoms with Gasteiger partial charge in [0, 0.05) is 24.6 Å². The summed E-state index contributed by atoms with van der Waals surface area (Å²) in [4.78, 5) is 8.80. The molecule has 0 aliphatic rings. The number of nitrogens with zero attached hydrogens (tertiary/aromatic N) is 3. The molecule has 0 spiro atoms. The quantitative estimate of drug-likeness (QED) is 0.873. The van der Waals surface area contributed by atoms with Gasteiger partial charge in [-0.25, -0.2) is 4.98 Å². The van der Waals surface area contributed by atoms with Gasteiger partial charge >= 0.3 is 0 Å². The molecule has 0 aromatic carbocycles. The average Bonchev–Trinajstić information content (AvgIpc) is 2.64. The zero-order chi connectivity index (χ0) is 12.4. The van der Waals surface area contributed by atoms with Gasteiger partial charge in [-0.2, -0.15) is 0 Å². The molecule has 0 aliphatic heterocycles. The summed E-state index contributed by atoms with van der Waals surface area (Å²) in [6.07, 6.45) is 3.85. The van der Waals surface area contributed by atoms with Crippen molar-refractivity contribution in [1.29, 1.82) is 0 Å². The molecule has 0 amide bonds. The van der Waals surface area contributed by atoms with Crippen LogP contribution < -0.4 is 5.32 Å². The summed E-state index contributed by atoms with van der Waals surface area (Å²) in [6.45, 7) is 4.03. The Labute approximate surface area is 102 Å². The van der Waals surface area contributed by atoms with Crippen molar-refractivity contribution < 1.29 is 0 Å². The minimum Gasteiger partial charge on any atom is -0.340 e. The first-order valence-corrected chi connectivity index (χ1v) is 5.70. The Balaban J connectivity index is 2.41. The predicted octanol–water partition coefficient (Wildman–Crippen LogP) is 1.74. The molecule has 0 bridgehead atoms. The van der Waals surface area contributed by atoms with Crippen LogP contribution in [0.1, 0.15) is 28.7 Å². The Hall–Kier alpha value is -1.68. The van der Waals surface area contributed by atoms with E-state index < -0.39 is 0 Å². The van der Waals surface area contributed by atoms with E-state index in [4.69, 9.17) is 0 Å². The molecule has 1 unspecified atom stereocenters. The van der Waals surface area contributed by atoms with E-state index in [0.29, 0.717) is 0 Å². The van der Waals surface area contributed by atoms with E-state index in [0.717, 1.165) is 17.1 Å². The first-order chi connectivity index (χ1) is 8.10. The van der Waals surface area contributed by atoms with Gasteiger partial charge in [0.15, 0.2) is 0 Å². The van der Waals surface area contributed by atoms with Crippen molar-refractivity contribution in [1.82, 2.24) is 19.9 Å². The first kappa shape index (κ1) is 11.8. The molecular weight excluding hydrogens is 212 g/mol. The van der Waals surface area contributed by atoms with Crippen LogP contribution in [0.4, 0.5) is 0 Å². The highest BCUT2D eigenvalue weighted by Gasteiger charge is 2.15. The maximum absolute atomic E-state index is 4.40. The molecular formula is C13H18N4. The lowest BCUT2D eigenvalue weighted by Gasteiger charge is -2.15. The third-order valence-electron chi connectivity index (χ3n) is 2.75. The number of hydrogen-bond acceptors (Lipinski definition) is 3. The topological polar surface area (TPSA) is 42.7 Å². The van der Waals surface area contributed by atoms with Gasteiger partial charge < -0.3 is 9.88 Å².